The van der Waals surface area contributed by atoms with Gasteiger partial charge in [0, 0.05) is 32.2 Å². The van der Waals surface area contributed by atoms with E-state index < -0.39 is 0 Å². The minimum absolute atomic E-state index is 0.611. The zero-order valence-corrected chi connectivity index (χ0v) is 18.4. The first kappa shape index (κ1) is 22.4. The highest BCUT2D eigenvalue weighted by Crippen LogP contribution is 2.39. The number of guanidine groups is 1. The molecule has 158 valence electrons. The number of aliphatic imine (C=N–C) groups is 1. The smallest absolute Gasteiger partial charge is 0.203 e. The summed E-state index contributed by atoms with van der Waals surface area (Å²) >= 11 is 0. The van der Waals surface area contributed by atoms with E-state index in [1.54, 1.807) is 21.3 Å². The molecule has 0 aromatic heterocycles. The molecule has 1 N–H and O–H groups in total. The Kier molecular flexibility index (Phi) is 8.65. The Bertz CT molecular complexity index is 821. The summed E-state index contributed by atoms with van der Waals surface area (Å²) in [7, 11) is 6.94. The third-order valence-electron chi connectivity index (χ3n) is 4.79. The Morgan fingerprint density at radius 2 is 1.69 bits per heavy atom. The molecule has 0 aliphatic rings. The highest BCUT2D eigenvalue weighted by atomic mass is 16.5. The van der Waals surface area contributed by atoms with Crippen LogP contribution in [0.3, 0.4) is 0 Å². The second kappa shape index (κ2) is 11.2. The van der Waals surface area contributed by atoms with E-state index in [2.05, 4.69) is 55.4 Å². The lowest BCUT2D eigenvalue weighted by molar-refractivity contribution is 0.322. The van der Waals surface area contributed by atoms with Crippen molar-refractivity contribution in [3.63, 3.8) is 0 Å². The number of nitrogens with zero attached hydrogens (tertiary/aromatic N) is 2. The predicted molar refractivity (Wildman–Crippen MR) is 118 cm³/mol. The van der Waals surface area contributed by atoms with E-state index in [9.17, 15) is 0 Å². The number of benzene rings is 2. The quantitative estimate of drug-likeness (QED) is 0.515. The average molecular weight is 400 g/mol. The monoisotopic (exact) mass is 399 g/mol. The molecule has 0 heterocycles. The van der Waals surface area contributed by atoms with Gasteiger partial charge in [-0.3, -0.25) is 4.99 Å². The Balaban J connectivity index is 2.14. The first-order valence-electron chi connectivity index (χ1n) is 9.87. The van der Waals surface area contributed by atoms with Gasteiger partial charge in [0.15, 0.2) is 17.5 Å². The zero-order valence-electron chi connectivity index (χ0n) is 18.4. The van der Waals surface area contributed by atoms with Crippen molar-refractivity contribution in [2.45, 2.75) is 26.8 Å². The van der Waals surface area contributed by atoms with Gasteiger partial charge in [-0.15, -0.1) is 0 Å². The Morgan fingerprint density at radius 1 is 0.966 bits per heavy atom. The molecular formula is C23H33N3O3. The molecule has 0 bridgehead atoms. The van der Waals surface area contributed by atoms with Gasteiger partial charge in [0.2, 0.25) is 5.75 Å². The first-order chi connectivity index (χ1) is 14.0. The first-order valence-corrected chi connectivity index (χ1v) is 9.87. The highest BCUT2D eigenvalue weighted by Gasteiger charge is 2.15. The zero-order chi connectivity index (χ0) is 21.2. The molecule has 6 heteroatoms. The fraction of sp³-hybridized carbons (Fsp3) is 0.435. The standard InChI is InChI=1S/C23H33N3O3/c1-7-24-23(26(3)16-19-11-9-8-10-17(19)2)25-15-14-18-12-13-20(27-4)22(29-6)21(18)28-5/h8-13H,7,14-16H2,1-6H3,(H,24,25). The van der Waals surface area contributed by atoms with Gasteiger partial charge in [-0.1, -0.05) is 30.3 Å². The minimum Gasteiger partial charge on any atom is -0.493 e. The molecule has 0 saturated carbocycles. The van der Waals surface area contributed by atoms with E-state index in [0.717, 1.165) is 31.0 Å². The normalized spacial score (nSPS) is 11.2. The average Bonchev–Trinajstić information content (AvgIpc) is 2.73. The van der Waals surface area contributed by atoms with Gasteiger partial charge in [0.1, 0.15) is 0 Å². The van der Waals surface area contributed by atoms with Crippen molar-refractivity contribution in [3.8, 4) is 17.2 Å². The summed E-state index contributed by atoms with van der Waals surface area (Å²) in [6.07, 6.45) is 0.733. The second-order valence-electron chi connectivity index (χ2n) is 6.76. The lowest BCUT2D eigenvalue weighted by atomic mass is 10.1. The van der Waals surface area contributed by atoms with Gasteiger partial charge >= 0.3 is 0 Å². The van der Waals surface area contributed by atoms with Crippen molar-refractivity contribution < 1.29 is 14.2 Å². The molecule has 0 atom stereocenters. The lowest BCUT2D eigenvalue weighted by Gasteiger charge is -2.23. The number of aryl methyl sites for hydroxylation is 1. The van der Waals surface area contributed by atoms with Crippen molar-refractivity contribution in [1.29, 1.82) is 0 Å². The number of methoxy groups -OCH3 is 3. The van der Waals surface area contributed by atoms with Gasteiger partial charge in [-0.05, 0) is 37.5 Å². The molecule has 2 rings (SSSR count). The summed E-state index contributed by atoms with van der Waals surface area (Å²) < 4.78 is 16.4. The second-order valence-corrected chi connectivity index (χ2v) is 6.76. The van der Waals surface area contributed by atoms with E-state index in [1.165, 1.54) is 11.1 Å². The van der Waals surface area contributed by atoms with Crippen molar-refractivity contribution in [1.82, 2.24) is 10.2 Å². The van der Waals surface area contributed by atoms with Gasteiger partial charge < -0.3 is 24.4 Å². The summed E-state index contributed by atoms with van der Waals surface area (Å²) in [5, 5.41) is 3.38. The van der Waals surface area contributed by atoms with Gasteiger partial charge in [0.25, 0.3) is 0 Å². The van der Waals surface area contributed by atoms with E-state index in [4.69, 9.17) is 19.2 Å². The molecule has 0 aliphatic carbocycles. The summed E-state index contributed by atoms with van der Waals surface area (Å²) in [5.41, 5.74) is 3.61. The molecule has 0 radical (unpaired) electrons. The molecule has 0 spiro atoms. The van der Waals surface area contributed by atoms with Crippen LogP contribution in [-0.4, -0.2) is 52.3 Å². The summed E-state index contributed by atoms with van der Waals surface area (Å²) in [5.74, 6) is 2.85. The van der Waals surface area contributed by atoms with Crippen molar-refractivity contribution in [2.24, 2.45) is 4.99 Å². The van der Waals surface area contributed by atoms with Crippen LogP contribution in [0.2, 0.25) is 0 Å². The maximum atomic E-state index is 5.58. The van der Waals surface area contributed by atoms with Gasteiger partial charge in [-0.25, -0.2) is 0 Å². The van der Waals surface area contributed by atoms with Crippen LogP contribution in [0.1, 0.15) is 23.6 Å². The number of hydrogen-bond donors (Lipinski definition) is 1. The van der Waals surface area contributed by atoms with Crippen molar-refractivity contribution in [3.05, 3.63) is 53.1 Å². The molecule has 0 saturated heterocycles. The van der Waals surface area contributed by atoms with Crippen LogP contribution < -0.4 is 19.5 Å². The highest BCUT2D eigenvalue weighted by molar-refractivity contribution is 5.79. The van der Waals surface area contributed by atoms with Crippen molar-refractivity contribution >= 4 is 5.96 Å². The number of ether oxygens (including phenoxy) is 3. The molecule has 6 nitrogen and oxygen atoms in total. The maximum absolute atomic E-state index is 5.58. The Morgan fingerprint density at radius 3 is 2.31 bits per heavy atom. The van der Waals surface area contributed by atoms with E-state index >= 15 is 0 Å². The molecular weight excluding hydrogens is 366 g/mol. The number of rotatable bonds is 9. The van der Waals surface area contributed by atoms with Crippen LogP contribution in [0.25, 0.3) is 0 Å². The van der Waals surface area contributed by atoms with E-state index in [0.29, 0.717) is 23.8 Å². The SMILES string of the molecule is CCNC(=NCCc1ccc(OC)c(OC)c1OC)N(C)Cc1ccccc1C. The molecule has 0 amide bonds. The molecule has 0 unspecified atom stereocenters. The van der Waals surface area contributed by atoms with Crippen molar-refractivity contribution in [2.75, 3.05) is 41.5 Å². The minimum atomic E-state index is 0.611. The number of hydrogen-bond acceptors (Lipinski definition) is 4. The van der Waals surface area contributed by atoms with Crippen LogP contribution in [0.5, 0.6) is 17.2 Å². The summed E-state index contributed by atoms with van der Waals surface area (Å²) in [6, 6.07) is 12.3. The fourth-order valence-corrected chi connectivity index (χ4v) is 3.23. The summed E-state index contributed by atoms with van der Waals surface area (Å²) in [4.78, 5) is 6.96. The van der Waals surface area contributed by atoms with Gasteiger partial charge in [-0.2, -0.15) is 0 Å². The number of nitrogens with one attached hydrogen (secondary N) is 1. The maximum Gasteiger partial charge on any atom is 0.203 e. The molecule has 0 fully saturated rings. The van der Waals surface area contributed by atoms with Crippen LogP contribution in [0.4, 0.5) is 0 Å². The Hall–Kier alpha value is -2.89. The summed E-state index contributed by atoms with van der Waals surface area (Å²) in [6.45, 7) is 6.46. The fourth-order valence-electron chi connectivity index (χ4n) is 3.23. The van der Waals surface area contributed by atoms with Crippen LogP contribution in [0, 0.1) is 6.92 Å². The molecule has 29 heavy (non-hydrogen) atoms. The van der Waals surface area contributed by atoms with Crippen LogP contribution in [-0.2, 0) is 13.0 Å². The lowest BCUT2D eigenvalue weighted by Crippen LogP contribution is -2.38. The van der Waals surface area contributed by atoms with E-state index in [1.807, 2.05) is 12.1 Å². The third kappa shape index (κ3) is 5.79. The van der Waals surface area contributed by atoms with E-state index in [-0.39, 0.29) is 0 Å². The predicted octanol–water partition coefficient (Wildman–Crippen LogP) is 3.66. The Labute approximate surface area is 174 Å². The largest absolute Gasteiger partial charge is 0.493 e. The third-order valence-corrected chi connectivity index (χ3v) is 4.79. The molecule has 2 aromatic carbocycles. The molecule has 0 aliphatic heterocycles. The van der Waals surface area contributed by atoms with Gasteiger partial charge in [0.05, 0.1) is 21.3 Å². The van der Waals surface area contributed by atoms with Crippen LogP contribution in [0.15, 0.2) is 41.4 Å². The molecule has 2 aromatic rings. The van der Waals surface area contributed by atoms with Crippen LogP contribution >= 0.6 is 0 Å². The topological polar surface area (TPSA) is 55.3 Å².